The van der Waals surface area contributed by atoms with E-state index >= 15 is 0 Å². The second-order valence-electron chi connectivity index (χ2n) is 5.56. The van der Waals surface area contributed by atoms with E-state index in [1.165, 1.54) is 6.07 Å². The van der Waals surface area contributed by atoms with Gasteiger partial charge in [0.2, 0.25) is 0 Å². The molecule has 3 nitrogen and oxygen atoms in total. The Hall–Kier alpha value is -0.680. The van der Waals surface area contributed by atoms with Gasteiger partial charge < -0.3 is 10.1 Å². The quantitative estimate of drug-likeness (QED) is 0.908. The third kappa shape index (κ3) is 2.70. The van der Waals surface area contributed by atoms with Gasteiger partial charge in [-0.1, -0.05) is 11.6 Å². The van der Waals surface area contributed by atoms with Crippen LogP contribution in [0.15, 0.2) is 12.1 Å². The molecule has 5 heteroatoms. The van der Waals surface area contributed by atoms with Crippen LogP contribution in [0.5, 0.6) is 0 Å². The predicted molar refractivity (Wildman–Crippen MR) is 77.7 cm³/mol. The van der Waals surface area contributed by atoms with Crippen LogP contribution in [-0.2, 0) is 4.74 Å². The first-order valence-corrected chi connectivity index (χ1v) is 7.55. The van der Waals surface area contributed by atoms with Crippen molar-refractivity contribution >= 4 is 11.6 Å². The molecule has 0 bridgehead atoms. The summed E-state index contributed by atoms with van der Waals surface area (Å²) in [6, 6.07) is 3.55. The van der Waals surface area contributed by atoms with Gasteiger partial charge in [0.15, 0.2) is 0 Å². The number of nitrogens with one attached hydrogen (secondary N) is 1. The van der Waals surface area contributed by atoms with Crippen LogP contribution in [0.1, 0.15) is 23.6 Å². The summed E-state index contributed by atoms with van der Waals surface area (Å²) >= 11 is 6.40. The average Bonchev–Trinajstić information content (AvgIpc) is 2.93. The number of morpholine rings is 1. The zero-order valence-corrected chi connectivity index (χ0v) is 12.4. The Balaban J connectivity index is 1.88. The van der Waals surface area contributed by atoms with Gasteiger partial charge in [0.1, 0.15) is 5.82 Å². The van der Waals surface area contributed by atoms with Crippen LogP contribution in [0.3, 0.4) is 0 Å². The van der Waals surface area contributed by atoms with E-state index in [9.17, 15) is 4.39 Å². The van der Waals surface area contributed by atoms with E-state index in [1.54, 1.807) is 6.07 Å². The van der Waals surface area contributed by atoms with Gasteiger partial charge in [0.25, 0.3) is 0 Å². The molecule has 2 atom stereocenters. The third-order valence-corrected chi connectivity index (χ3v) is 4.80. The first-order chi connectivity index (χ1) is 9.66. The summed E-state index contributed by atoms with van der Waals surface area (Å²) in [7, 11) is 0. The molecular formula is C15H20ClFN2O. The van der Waals surface area contributed by atoms with Gasteiger partial charge in [-0.2, -0.15) is 0 Å². The zero-order valence-electron chi connectivity index (χ0n) is 11.7. The lowest BCUT2D eigenvalue weighted by Crippen LogP contribution is -2.45. The van der Waals surface area contributed by atoms with Crippen molar-refractivity contribution in [2.45, 2.75) is 25.4 Å². The van der Waals surface area contributed by atoms with Crippen LogP contribution < -0.4 is 5.32 Å². The molecule has 2 aliphatic heterocycles. The summed E-state index contributed by atoms with van der Waals surface area (Å²) in [5.74, 6) is -0.212. The molecule has 0 amide bonds. The monoisotopic (exact) mass is 298 g/mol. The van der Waals surface area contributed by atoms with Crippen molar-refractivity contribution in [2.75, 3.05) is 32.8 Å². The molecule has 20 heavy (non-hydrogen) atoms. The van der Waals surface area contributed by atoms with Crippen LogP contribution in [0.25, 0.3) is 0 Å². The molecule has 2 aliphatic rings. The first-order valence-electron chi connectivity index (χ1n) is 7.17. The van der Waals surface area contributed by atoms with Crippen LogP contribution in [0.4, 0.5) is 4.39 Å². The van der Waals surface area contributed by atoms with E-state index < -0.39 is 0 Å². The van der Waals surface area contributed by atoms with Gasteiger partial charge in [-0.15, -0.1) is 0 Å². The molecule has 0 aliphatic carbocycles. The van der Waals surface area contributed by atoms with Gasteiger partial charge >= 0.3 is 0 Å². The summed E-state index contributed by atoms with van der Waals surface area (Å²) in [6.07, 6.45) is 1.07. The number of halogens is 2. The van der Waals surface area contributed by atoms with E-state index in [1.807, 2.05) is 6.92 Å². The van der Waals surface area contributed by atoms with Crippen LogP contribution in [0.2, 0.25) is 5.02 Å². The Kier molecular flexibility index (Phi) is 4.26. The maximum Gasteiger partial charge on any atom is 0.123 e. The lowest BCUT2D eigenvalue weighted by Gasteiger charge is -2.35. The lowest BCUT2D eigenvalue weighted by atomic mass is 9.97. The molecule has 0 aromatic heterocycles. The molecule has 1 aromatic rings. The number of hydrogen-bond donors (Lipinski definition) is 1. The number of aryl methyl sites for hydroxylation is 1. The normalized spacial score (nSPS) is 27.9. The van der Waals surface area contributed by atoms with Gasteiger partial charge in [-0.3, -0.25) is 4.90 Å². The summed E-state index contributed by atoms with van der Waals surface area (Å²) in [5.41, 5.74) is 1.69. The van der Waals surface area contributed by atoms with Crippen LogP contribution >= 0.6 is 11.6 Å². The topological polar surface area (TPSA) is 24.5 Å². The highest BCUT2D eigenvalue weighted by Gasteiger charge is 2.35. The molecule has 0 saturated carbocycles. The second-order valence-corrected chi connectivity index (χ2v) is 5.94. The molecule has 2 saturated heterocycles. The molecule has 0 spiro atoms. The van der Waals surface area contributed by atoms with Crippen molar-refractivity contribution in [3.63, 3.8) is 0 Å². The minimum atomic E-state index is -0.212. The summed E-state index contributed by atoms with van der Waals surface area (Å²) < 4.78 is 19.1. The van der Waals surface area contributed by atoms with Crippen molar-refractivity contribution < 1.29 is 9.13 Å². The van der Waals surface area contributed by atoms with E-state index in [2.05, 4.69) is 10.2 Å². The van der Waals surface area contributed by atoms with Gasteiger partial charge in [0, 0.05) is 30.2 Å². The molecule has 1 aromatic carbocycles. The molecule has 2 heterocycles. The Morgan fingerprint density at radius 2 is 2.10 bits per heavy atom. The van der Waals surface area contributed by atoms with Gasteiger partial charge in [-0.05, 0) is 43.1 Å². The van der Waals surface area contributed by atoms with Crippen LogP contribution in [-0.4, -0.2) is 43.8 Å². The number of nitrogens with zero attached hydrogens (tertiary/aromatic N) is 1. The highest BCUT2D eigenvalue weighted by atomic mass is 35.5. The Morgan fingerprint density at radius 1 is 1.35 bits per heavy atom. The average molecular weight is 299 g/mol. The number of ether oxygens (including phenoxy) is 1. The zero-order chi connectivity index (χ0) is 14.1. The minimum Gasteiger partial charge on any atom is -0.379 e. The van der Waals surface area contributed by atoms with Crippen molar-refractivity contribution in [1.29, 1.82) is 0 Å². The lowest BCUT2D eigenvalue weighted by molar-refractivity contribution is 0.0139. The van der Waals surface area contributed by atoms with E-state index in [-0.39, 0.29) is 11.9 Å². The highest BCUT2D eigenvalue weighted by molar-refractivity contribution is 6.32. The Morgan fingerprint density at radius 3 is 2.85 bits per heavy atom. The van der Waals surface area contributed by atoms with Crippen molar-refractivity contribution in [2.24, 2.45) is 0 Å². The van der Waals surface area contributed by atoms with E-state index in [0.29, 0.717) is 11.1 Å². The summed E-state index contributed by atoms with van der Waals surface area (Å²) in [4.78, 5) is 2.44. The van der Waals surface area contributed by atoms with Crippen molar-refractivity contribution in [3.05, 3.63) is 34.1 Å². The second kappa shape index (κ2) is 5.98. The maximum atomic E-state index is 13.7. The fourth-order valence-electron chi connectivity index (χ4n) is 3.29. The number of rotatable bonds is 2. The predicted octanol–water partition coefficient (Wildman–Crippen LogP) is 2.52. The van der Waals surface area contributed by atoms with Crippen molar-refractivity contribution in [3.8, 4) is 0 Å². The van der Waals surface area contributed by atoms with E-state index in [4.69, 9.17) is 16.3 Å². The fraction of sp³-hybridized carbons (Fsp3) is 0.600. The first kappa shape index (κ1) is 14.3. The molecule has 2 fully saturated rings. The fourth-order valence-corrected chi connectivity index (χ4v) is 3.51. The molecular weight excluding hydrogens is 279 g/mol. The number of benzene rings is 1. The smallest absolute Gasteiger partial charge is 0.123 e. The Bertz CT molecular complexity index is 491. The van der Waals surface area contributed by atoms with Gasteiger partial charge in [0.05, 0.1) is 13.2 Å². The van der Waals surface area contributed by atoms with E-state index in [0.717, 1.165) is 50.4 Å². The molecule has 1 N–H and O–H groups in total. The highest BCUT2D eigenvalue weighted by Crippen LogP contribution is 2.34. The largest absolute Gasteiger partial charge is 0.379 e. The SMILES string of the molecule is Cc1cc(F)cc([C@H]2NCC[C@H]2N2CCOCC2)c1Cl. The van der Waals surface area contributed by atoms with Crippen molar-refractivity contribution in [1.82, 2.24) is 10.2 Å². The number of hydrogen-bond acceptors (Lipinski definition) is 3. The Labute approximate surface area is 124 Å². The molecule has 110 valence electrons. The molecule has 0 radical (unpaired) electrons. The molecule has 0 unspecified atom stereocenters. The third-order valence-electron chi connectivity index (χ3n) is 4.29. The summed E-state index contributed by atoms with van der Waals surface area (Å²) in [6.45, 7) is 6.23. The standard InChI is InChI=1S/C15H20ClFN2O/c1-10-8-11(17)9-12(14(10)16)15-13(2-3-18-15)19-4-6-20-7-5-19/h8-9,13,15,18H,2-7H2,1H3/t13-,15-/m1/s1. The maximum absolute atomic E-state index is 13.7. The summed E-state index contributed by atoms with van der Waals surface area (Å²) in [5, 5.41) is 4.17. The minimum absolute atomic E-state index is 0.106. The van der Waals surface area contributed by atoms with Gasteiger partial charge in [-0.25, -0.2) is 4.39 Å². The van der Waals surface area contributed by atoms with Crippen LogP contribution in [0, 0.1) is 12.7 Å². The molecule has 3 rings (SSSR count).